The Balaban J connectivity index is 2.44. The van der Waals surface area contributed by atoms with Gasteiger partial charge in [-0.2, -0.15) is 0 Å². The second kappa shape index (κ2) is 5.42. The second-order valence-electron chi connectivity index (χ2n) is 4.08. The first-order chi connectivity index (χ1) is 9.47. The van der Waals surface area contributed by atoms with Gasteiger partial charge < -0.3 is 14.8 Å². The molecule has 1 aliphatic heterocycles. The quantitative estimate of drug-likeness (QED) is 0.683. The molecule has 1 heterocycles. The van der Waals surface area contributed by atoms with Gasteiger partial charge in [-0.05, 0) is 17.7 Å². The zero-order valence-corrected chi connectivity index (χ0v) is 11.9. The van der Waals surface area contributed by atoms with Crippen LogP contribution >= 0.6 is 11.6 Å². The monoisotopic (exact) mass is 296 g/mol. The fourth-order valence-electron chi connectivity index (χ4n) is 1.76. The van der Waals surface area contributed by atoms with Gasteiger partial charge in [-0.1, -0.05) is 11.6 Å². The topological polar surface area (TPSA) is 67.9 Å². The number of halogens is 1. The summed E-state index contributed by atoms with van der Waals surface area (Å²) < 4.78 is 10.3. The molecule has 20 heavy (non-hydrogen) atoms. The number of carbonyl (C=O) groups is 2. The average molecular weight is 297 g/mol. The molecule has 1 saturated heterocycles. The summed E-state index contributed by atoms with van der Waals surface area (Å²) in [6.45, 7) is 0. The summed E-state index contributed by atoms with van der Waals surface area (Å²) in [7, 11) is 4.40. The molecule has 106 valence electrons. The van der Waals surface area contributed by atoms with E-state index >= 15 is 0 Å². The van der Waals surface area contributed by atoms with Gasteiger partial charge in [0, 0.05) is 13.1 Å². The van der Waals surface area contributed by atoms with Crippen molar-refractivity contribution in [2.24, 2.45) is 0 Å². The van der Waals surface area contributed by atoms with E-state index in [1.807, 2.05) is 0 Å². The van der Waals surface area contributed by atoms with Gasteiger partial charge in [0.25, 0.3) is 5.91 Å². The number of nitrogens with one attached hydrogen (secondary N) is 1. The Morgan fingerprint density at radius 2 is 1.80 bits per heavy atom. The van der Waals surface area contributed by atoms with Crippen molar-refractivity contribution >= 4 is 29.6 Å². The van der Waals surface area contributed by atoms with E-state index in [-0.39, 0.29) is 5.70 Å². The first kappa shape index (κ1) is 14.2. The molecule has 0 aromatic heterocycles. The molecule has 3 amide bonds. The summed E-state index contributed by atoms with van der Waals surface area (Å²) in [5, 5.41) is 2.84. The summed E-state index contributed by atoms with van der Waals surface area (Å²) >= 11 is 6.12. The molecule has 0 aliphatic carbocycles. The zero-order chi connectivity index (χ0) is 14.9. The minimum absolute atomic E-state index is 0.159. The summed E-state index contributed by atoms with van der Waals surface area (Å²) in [5.41, 5.74) is 0.704. The molecule has 1 fully saturated rings. The summed E-state index contributed by atoms with van der Waals surface area (Å²) in [6, 6.07) is 2.74. The van der Waals surface area contributed by atoms with Gasteiger partial charge in [0.15, 0.2) is 11.5 Å². The third kappa shape index (κ3) is 2.42. The van der Waals surface area contributed by atoms with Gasteiger partial charge in [0.1, 0.15) is 5.70 Å². The number of carbonyl (C=O) groups excluding carboxylic acids is 2. The van der Waals surface area contributed by atoms with Crippen molar-refractivity contribution < 1.29 is 19.1 Å². The molecule has 0 radical (unpaired) electrons. The predicted octanol–water partition coefficient (Wildman–Crippen LogP) is 1.88. The lowest BCUT2D eigenvalue weighted by Crippen LogP contribution is -2.25. The van der Waals surface area contributed by atoms with Crippen molar-refractivity contribution in [1.82, 2.24) is 10.2 Å². The number of benzene rings is 1. The molecule has 1 aliphatic rings. The van der Waals surface area contributed by atoms with Crippen LogP contribution in [0.4, 0.5) is 4.79 Å². The number of urea groups is 1. The second-order valence-corrected chi connectivity index (χ2v) is 4.49. The molecular formula is C13H13ClN2O4. The first-order valence-electron chi connectivity index (χ1n) is 5.70. The Morgan fingerprint density at radius 1 is 1.20 bits per heavy atom. The number of likely N-dealkylation sites (N-methyl/N-ethyl adjacent to an activating group) is 1. The molecule has 6 nitrogen and oxygen atoms in total. The van der Waals surface area contributed by atoms with Crippen molar-refractivity contribution in [3.8, 4) is 11.5 Å². The highest BCUT2D eigenvalue weighted by Gasteiger charge is 2.30. The van der Waals surface area contributed by atoms with Crippen molar-refractivity contribution in [1.29, 1.82) is 0 Å². The first-order valence-corrected chi connectivity index (χ1v) is 6.08. The van der Waals surface area contributed by atoms with Crippen LogP contribution in [0.2, 0.25) is 5.02 Å². The third-order valence-electron chi connectivity index (χ3n) is 2.88. The number of imide groups is 1. The minimum atomic E-state index is -0.474. The Labute approximate surface area is 120 Å². The van der Waals surface area contributed by atoms with Gasteiger partial charge in [-0.3, -0.25) is 9.69 Å². The van der Waals surface area contributed by atoms with Crippen LogP contribution in [0.3, 0.4) is 0 Å². The summed E-state index contributed by atoms with van der Waals surface area (Å²) in [6.07, 6.45) is 1.49. The van der Waals surface area contributed by atoms with E-state index in [2.05, 4.69) is 5.32 Å². The number of hydrogen-bond acceptors (Lipinski definition) is 4. The Morgan fingerprint density at radius 3 is 2.30 bits per heavy atom. The normalized spacial score (nSPS) is 16.6. The maximum absolute atomic E-state index is 11.8. The van der Waals surface area contributed by atoms with Crippen LogP contribution in [0, 0.1) is 0 Å². The molecular weight excluding hydrogens is 284 g/mol. The molecule has 2 rings (SSSR count). The molecule has 1 aromatic carbocycles. The van der Waals surface area contributed by atoms with E-state index in [0.29, 0.717) is 22.1 Å². The Hall–Kier alpha value is -2.21. The molecule has 0 atom stereocenters. The van der Waals surface area contributed by atoms with Crippen molar-refractivity contribution in [3.05, 3.63) is 28.4 Å². The molecule has 0 bridgehead atoms. The fraction of sp³-hybridized carbons (Fsp3) is 0.231. The number of ether oxygens (including phenoxy) is 2. The van der Waals surface area contributed by atoms with Crippen molar-refractivity contribution in [3.63, 3.8) is 0 Å². The van der Waals surface area contributed by atoms with E-state index in [9.17, 15) is 9.59 Å². The minimum Gasteiger partial charge on any atom is -0.493 e. The maximum Gasteiger partial charge on any atom is 0.328 e. The molecule has 7 heteroatoms. The lowest BCUT2D eigenvalue weighted by Gasteiger charge is -2.10. The van der Waals surface area contributed by atoms with Crippen molar-refractivity contribution in [2.75, 3.05) is 21.3 Å². The Kier molecular flexibility index (Phi) is 3.85. The third-order valence-corrected chi connectivity index (χ3v) is 3.21. The van der Waals surface area contributed by atoms with Crippen LogP contribution in [0.15, 0.2) is 17.8 Å². The largest absolute Gasteiger partial charge is 0.493 e. The number of hydrogen-bond donors (Lipinski definition) is 1. The maximum atomic E-state index is 11.8. The summed E-state index contributed by atoms with van der Waals surface area (Å²) in [5.74, 6) is 0.549. The van der Waals surface area contributed by atoms with Crippen LogP contribution in [0.5, 0.6) is 11.5 Å². The van der Waals surface area contributed by atoms with Crippen LogP contribution in [-0.2, 0) is 4.79 Å². The zero-order valence-electron chi connectivity index (χ0n) is 11.2. The number of methoxy groups -OCH3 is 2. The molecule has 0 spiro atoms. The highest BCUT2D eigenvalue weighted by molar-refractivity contribution is 6.32. The van der Waals surface area contributed by atoms with E-state index < -0.39 is 11.9 Å². The molecule has 0 unspecified atom stereocenters. The Bertz CT molecular complexity index is 613. The lowest BCUT2D eigenvalue weighted by molar-refractivity contribution is -0.121. The van der Waals surface area contributed by atoms with Gasteiger partial charge in [-0.15, -0.1) is 0 Å². The smallest absolute Gasteiger partial charge is 0.328 e. The number of rotatable bonds is 3. The van der Waals surface area contributed by atoms with E-state index in [1.165, 1.54) is 27.3 Å². The van der Waals surface area contributed by atoms with E-state index in [0.717, 1.165) is 4.90 Å². The van der Waals surface area contributed by atoms with Gasteiger partial charge in [-0.25, -0.2) is 4.79 Å². The van der Waals surface area contributed by atoms with E-state index in [1.54, 1.807) is 12.1 Å². The van der Waals surface area contributed by atoms with Crippen LogP contribution in [-0.4, -0.2) is 38.1 Å². The van der Waals surface area contributed by atoms with Gasteiger partial charge >= 0.3 is 6.03 Å². The molecule has 1 aromatic rings. The fourth-order valence-corrected chi connectivity index (χ4v) is 1.97. The number of amides is 3. The van der Waals surface area contributed by atoms with Crippen LogP contribution < -0.4 is 14.8 Å². The van der Waals surface area contributed by atoms with Gasteiger partial charge in [0.05, 0.1) is 19.2 Å². The van der Waals surface area contributed by atoms with Crippen molar-refractivity contribution in [2.45, 2.75) is 0 Å². The van der Waals surface area contributed by atoms with E-state index in [4.69, 9.17) is 21.1 Å². The lowest BCUT2D eigenvalue weighted by atomic mass is 10.1. The molecule has 0 saturated carbocycles. The van der Waals surface area contributed by atoms with Gasteiger partial charge in [0.2, 0.25) is 0 Å². The highest BCUT2D eigenvalue weighted by Crippen LogP contribution is 2.34. The molecule has 1 N–H and O–H groups in total. The SMILES string of the molecule is COc1cc(Cl)c(/C=C2/NC(=O)N(C)C2=O)cc1OC. The average Bonchev–Trinajstić information content (AvgIpc) is 2.68. The summed E-state index contributed by atoms with van der Waals surface area (Å²) in [4.78, 5) is 24.1. The van der Waals surface area contributed by atoms with Crippen LogP contribution in [0.1, 0.15) is 5.56 Å². The standard InChI is InChI=1S/C13H13ClN2O4/c1-16-12(17)9(15-13(16)18)4-7-5-10(19-2)11(20-3)6-8(7)14/h4-6H,1-3H3,(H,15,18)/b9-4+. The van der Waals surface area contributed by atoms with Crippen LogP contribution in [0.25, 0.3) is 6.08 Å². The predicted molar refractivity (Wildman–Crippen MR) is 73.8 cm³/mol. The highest BCUT2D eigenvalue weighted by atomic mass is 35.5. The number of nitrogens with zero attached hydrogens (tertiary/aromatic N) is 1.